The second-order valence-corrected chi connectivity index (χ2v) is 5.38. The first-order chi connectivity index (χ1) is 7.74. The van der Waals surface area contributed by atoms with Crippen molar-refractivity contribution in [2.75, 3.05) is 13.1 Å². The van der Waals surface area contributed by atoms with Crippen molar-refractivity contribution >= 4 is 0 Å². The largest absolute Gasteiger partial charge is 0.348 e. The summed E-state index contributed by atoms with van der Waals surface area (Å²) >= 11 is 0. The number of likely N-dealkylation sites (tertiary alicyclic amines) is 1. The number of hydrogen-bond donors (Lipinski definition) is 1. The Balaban J connectivity index is 1.73. The van der Waals surface area contributed by atoms with Gasteiger partial charge >= 0.3 is 0 Å². The highest BCUT2D eigenvalue weighted by molar-refractivity contribution is 4.87. The lowest BCUT2D eigenvalue weighted by molar-refractivity contribution is 0.161. The Hall–Kier alpha value is -0.830. The maximum atomic E-state index is 4.28. The summed E-state index contributed by atoms with van der Waals surface area (Å²) in [7, 11) is 0. The minimum atomic E-state index is 0.849. The van der Waals surface area contributed by atoms with Gasteiger partial charge in [0.2, 0.25) is 0 Å². The van der Waals surface area contributed by atoms with Gasteiger partial charge in [0.15, 0.2) is 0 Å². The summed E-state index contributed by atoms with van der Waals surface area (Å²) in [6, 6.07) is 0. The van der Waals surface area contributed by atoms with Gasteiger partial charge in [-0.3, -0.25) is 4.90 Å². The molecule has 0 radical (unpaired) electrons. The Morgan fingerprint density at radius 3 is 2.75 bits per heavy atom. The summed E-state index contributed by atoms with van der Waals surface area (Å²) in [6.07, 6.45) is 7.86. The maximum absolute atomic E-state index is 4.28. The fourth-order valence-corrected chi connectivity index (χ4v) is 2.64. The Kier molecular flexibility index (Phi) is 3.99. The topological polar surface area (TPSA) is 31.9 Å². The highest BCUT2D eigenvalue weighted by atomic mass is 15.1. The van der Waals surface area contributed by atoms with Crippen molar-refractivity contribution in [1.29, 1.82) is 0 Å². The van der Waals surface area contributed by atoms with E-state index in [4.69, 9.17) is 0 Å². The molecule has 2 rings (SSSR count). The number of nitrogens with zero attached hydrogens (tertiary/aromatic N) is 2. The zero-order valence-corrected chi connectivity index (χ0v) is 10.4. The lowest BCUT2D eigenvalue weighted by atomic mass is 9.89. The number of hydrogen-bond acceptors (Lipinski definition) is 2. The van der Waals surface area contributed by atoms with Crippen LogP contribution in [0, 0.1) is 11.8 Å². The third-order valence-corrected chi connectivity index (χ3v) is 3.44. The third kappa shape index (κ3) is 3.34. The summed E-state index contributed by atoms with van der Waals surface area (Å²) in [4.78, 5) is 9.97. The monoisotopic (exact) mass is 221 g/mol. The van der Waals surface area contributed by atoms with Gasteiger partial charge in [-0.25, -0.2) is 4.98 Å². The van der Waals surface area contributed by atoms with Crippen LogP contribution >= 0.6 is 0 Å². The van der Waals surface area contributed by atoms with E-state index in [1.54, 1.807) is 0 Å². The smallest absolute Gasteiger partial charge is 0.120 e. The molecule has 0 atom stereocenters. The third-order valence-electron chi connectivity index (χ3n) is 3.44. The van der Waals surface area contributed by atoms with Gasteiger partial charge in [0.1, 0.15) is 5.82 Å². The van der Waals surface area contributed by atoms with Crippen LogP contribution in [0.5, 0.6) is 0 Å². The van der Waals surface area contributed by atoms with E-state index in [1.807, 2.05) is 12.4 Å². The van der Waals surface area contributed by atoms with Crippen molar-refractivity contribution in [3.05, 3.63) is 18.2 Å². The Morgan fingerprint density at radius 2 is 2.19 bits per heavy atom. The van der Waals surface area contributed by atoms with Gasteiger partial charge in [-0.05, 0) is 44.2 Å². The quantitative estimate of drug-likeness (QED) is 0.847. The minimum absolute atomic E-state index is 0.849. The molecule has 90 valence electrons. The van der Waals surface area contributed by atoms with E-state index in [1.165, 1.54) is 32.4 Å². The van der Waals surface area contributed by atoms with Gasteiger partial charge in [0.05, 0.1) is 6.54 Å². The predicted molar refractivity (Wildman–Crippen MR) is 66.0 cm³/mol. The predicted octanol–water partition coefficient (Wildman–Crippen LogP) is 2.67. The van der Waals surface area contributed by atoms with Crippen molar-refractivity contribution in [2.24, 2.45) is 11.8 Å². The minimum Gasteiger partial charge on any atom is -0.348 e. The molecular weight excluding hydrogens is 198 g/mol. The molecule has 0 saturated carbocycles. The van der Waals surface area contributed by atoms with Crippen molar-refractivity contribution in [3.8, 4) is 0 Å². The summed E-state index contributed by atoms with van der Waals surface area (Å²) < 4.78 is 0. The van der Waals surface area contributed by atoms with Crippen LogP contribution in [0.15, 0.2) is 12.4 Å². The van der Waals surface area contributed by atoms with Gasteiger partial charge < -0.3 is 4.98 Å². The van der Waals surface area contributed by atoms with E-state index in [-0.39, 0.29) is 0 Å². The summed E-state index contributed by atoms with van der Waals surface area (Å²) in [5, 5.41) is 0. The van der Waals surface area contributed by atoms with E-state index in [0.717, 1.165) is 24.2 Å². The molecule has 0 aromatic carbocycles. The van der Waals surface area contributed by atoms with E-state index in [0.29, 0.717) is 0 Å². The fraction of sp³-hybridized carbons (Fsp3) is 0.769. The molecular formula is C13H23N3. The first kappa shape index (κ1) is 11.6. The first-order valence-electron chi connectivity index (χ1n) is 6.44. The molecule has 1 aliphatic heterocycles. The van der Waals surface area contributed by atoms with Crippen LogP contribution in [0.4, 0.5) is 0 Å². The van der Waals surface area contributed by atoms with Crippen molar-refractivity contribution in [3.63, 3.8) is 0 Å². The number of aromatic nitrogens is 2. The normalized spacial score (nSPS) is 19.4. The molecule has 0 spiro atoms. The van der Waals surface area contributed by atoms with Crippen LogP contribution in [0.25, 0.3) is 0 Å². The molecule has 1 aromatic heterocycles. The van der Waals surface area contributed by atoms with Crippen molar-refractivity contribution in [1.82, 2.24) is 14.9 Å². The molecule has 0 amide bonds. The van der Waals surface area contributed by atoms with Crippen molar-refractivity contribution < 1.29 is 0 Å². The SMILES string of the molecule is CC(C)CC1CCN(Cc2ncc[nH]2)CC1. The molecule has 1 saturated heterocycles. The Morgan fingerprint density at radius 1 is 1.44 bits per heavy atom. The molecule has 1 aliphatic rings. The first-order valence-corrected chi connectivity index (χ1v) is 6.44. The lowest BCUT2D eigenvalue weighted by Crippen LogP contribution is -2.33. The van der Waals surface area contributed by atoms with Gasteiger partial charge in [0.25, 0.3) is 0 Å². The van der Waals surface area contributed by atoms with Crippen LogP contribution in [-0.2, 0) is 6.54 Å². The molecule has 1 N–H and O–H groups in total. The van der Waals surface area contributed by atoms with Crippen LogP contribution in [0.2, 0.25) is 0 Å². The van der Waals surface area contributed by atoms with Crippen LogP contribution in [0.3, 0.4) is 0 Å². The van der Waals surface area contributed by atoms with Crippen molar-refractivity contribution in [2.45, 2.75) is 39.7 Å². The standard InChI is InChI=1S/C13H23N3/c1-11(2)9-12-3-7-16(8-4-12)10-13-14-5-6-15-13/h5-6,11-12H,3-4,7-10H2,1-2H3,(H,14,15). The lowest BCUT2D eigenvalue weighted by Gasteiger charge is -2.32. The molecule has 1 aromatic rings. The Bertz CT molecular complexity index is 284. The van der Waals surface area contributed by atoms with E-state index >= 15 is 0 Å². The summed E-state index contributed by atoms with van der Waals surface area (Å²) in [5.41, 5.74) is 0. The Labute approximate surface area is 98.3 Å². The molecule has 1 fully saturated rings. The van der Waals surface area contributed by atoms with Gasteiger partial charge in [0, 0.05) is 12.4 Å². The number of imidazole rings is 1. The molecule has 3 nitrogen and oxygen atoms in total. The van der Waals surface area contributed by atoms with E-state index < -0.39 is 0 Å². The highest BCUT2D eigenvalue weighted by Gasteiger charge is 2.20. The summed E-state index contributed by atoms with van der Waals surface area (Å²) in [5.74, 6) is 2.90. The van der Waals surface area contributed by atoms with Gasteiger partial charge in [-0.1, -0.05) is 13.8 Å². The fourth-order valence-electron chi connectivity index (χ4n) is 2.64. The number of rotatable bonds is 4. The number of nitrogens with one attached hydrogen (secondary N) is 1. The highest BCUT2D eigenvalue weighted by Crippen LogP contribution is 2.24. The zero-order chi connectivity index (χ0) is 11.4. The molecule has 3 heteroatoms. The molecule has 2 heterocycles. The average Bonchev–Trinajstić information content (AvgIpc) is 2.73. The number of piperidine rings is 1. The second kappa shape index (κ2) is 5.48. The second-order valence-electron chi connectivity index (χ2n) is 5.38. The number of aromatic amines is 1. The number of H-pyrrole nitrogens is 1. The molecule has 0 aliphatic carbocycles. The summed E-state index contributed by atoms with van der Waals surface area (Å²) in [6.45, 7) is 8.11. The van der Waals surface area contributed by atoms with Crippen LogP contribution < -0.4 is 0 Å². The van der Waals surface area contributed by atoms with Crippen LogP contribution in [0.1, 0.15) is 38.9 Å². The maximum Gasteiger partial charge on any atom is 0.120 e. The average molecular weight is 221 g/mol. The van der Waals surface area contributed by atoms with Gasteiger partial charge in [-0.2, -0.15) is 0 Å². The molecule has 0 bridgehead atoms. The molecule has 0 unspecified atom stereocenters. The van der Waals surface area contributed by atoms with Crippen LogP contribution in [-0.4, -0.2) is 28.0 Å². The van der Waals surface area contributed by atoms with Gasteiger partial charge in [-0.15, -0.1) is 0 Å². The van der Waals surface area contributed by atoms with E-state index in [9.17, 15) is 0 Å². The van der Waals surface area contributed by atoms with E-state index in [2.05, 4.69) is 28.7 Å². The molecule has 16 heavy (non-hydrogen) atoms. The zero-order valence-electron chi connectivity index (χ0n) is 10.4.